The number of nitrogens with zero attached hydrogens (tertiary/aromatic N) is 1. The first kappa shape index (κ1) is 8.99. The van der Waals surface area contributed by atoms with Crippen LogP contribution in [0.2, 0.25) is 0 Å². The fraction of sp³-hybridized carbons (Fsp3) is 0.600. The van der Waals surface area contributed by atoms with E-state index in [2.05, 4.69) is 12.6 Å². The number of hydrogen-bond donors (Lipinski definition) is 0. The summed E-state index contributed by atoms with van der Waals surface area (Å²) in [6.45, 7) is 3.61. The van der Waals surface area contributed by atoms with Crippen LogP contribution in [0.15, 0.2) is 12.7 Å². The van der Waals surface area contributed by atoms with Crippen molar-refractivity contribution in [2.45, 2.75) is 25.7 Å². The molecule has 1 aliphatic carbocycles. The smallest absolute Gasteiger partial charge is 0.136 e. The average molecular weight is 163 g/mol. The van der Waals surface area contributed by atoms with Crippen LogP contribution in [0.1, 0.15) is 25.7 Å². The van der Waals surface area contributed by atoms with E-state index in [1.807, 2.05) is 0 Å². The van der Waals surface area contributed by atoms with Crippen molar-refractivity contribution in [3.05, 3.63) is 12.7 Å². The molecule has 64 valence electrons. The molecule has 0 aromatic carbocycles. The predicted molar refractivity (Wildman–Crippen MR) is 46.3 cm³/mol. The van der Waals surface area contributed by atoms with Gasteiger partial charge in [0.05, 0.1) is 6.07 Å². The Balaban J connectivity index is 2.45. The van der Waals surface area contributed by atoms with Crippen LogP contribution in [-0.4, -0.2) is 5.78 Å². The van der Waals surface area contributed by atoms with Crippen LogP contribution < -0.4 is 0 Å². The summed E-state index contributed by atoms with van der Waals surface area (Å²) < 4.78 is 0. The summed E-state index contributed by atoms with van der Waals surface area (Å²) in [5.74, 6) is 0.781. The predicted octanol–water partition coefficient (Wildman–Crippen LogP) is 2.07. The molecule has 2 nitrogen and oxygen atoms in total. The largest absolute Gasteiger partial charge is 0.299 e. The van der Waals surface area contributed by atoms with E-state index in [4.69, 9.17) is 5.26 Å². The molecule has 1 aliphatic rings. The van der Waals surface area contributed by atoms with E-state index in [-0.39, 0.29) is 5.92 Å². The first-order chi connectivity index (χ1) is 5.77. The molecule has 2 heteroatoms. The first-order valence-electron chi connectivity index (χ1n) is 4.28. The number of allylic oxidation sites excluding steroid dienone is 1. The van der Waals surface area contributed by atoms with Crippen molar-refractivity contribution >= 4 is 5.78 Å². The van der Waals surface area contributed by atoms with E-state index < -0.39 is 0 Å². The normalized spacial score (nSPS) is 28.4. The molecule has 1 saturated carbocycles. The second-order valence-corrected chi connectivity index (χ2v) is 3.36. The molecular formula is C10H13NO. The summed E-state index contributed by atoms with van der Waals surface area (Å²) in [6.07, 6.45) is 4.59. The lowest BCUT2D eigenvalue weighted by Gasteiger charge is -2.03. The molecule has 0 radical (unpaired) electrons. The van der Waals surface area contributed by atoms with E-state index in [1.165, 1.54) is 0 Å². The van der Waals surface area contributed by atoms with Crippen LogP contribution >= 0.6 is 0 Å². The highest BCUT2D eigenvalue weighted by molar-refractivity contribution is 5.83. The van der Waals surface area contributed by atoms with Gasteiger partial charge in [0.2, 0.25) is 0 Å². The number of carbonyl (C=O) groups excluding carboxylic acids is 1. The Morgan fingerprint density at radius 2 is 2.50 bits per heavy atom. The molecule has 0 heterocycles. The van der Waals surface area contributed by atoms with Crippen molar-refractivity contribution in [1.82, 2.24) is 0 Å². The van der Waals surface area contributed by atoms with Crippen molar-refractivity contribution in [3.63, 3.8) is 0 Å². The molecule has 1 rings (SSSR count). The van der Waals surface area contributed by atoms with Crippen molar-refractivity contribution in [2.75, 3.05) is 0 Å². The zero-order chi connectivity index (χ0) is 8.97. The van der Waals surface area contributed by atoms with Gasteiger partial charge in [-0.05, 0) is 18.8 Å². The van der Waals surface area contributed by atoms with Crippen LogP contribution in [-0.2, 0) is 4.79 Å². The third-order valence-electron chi connectivity index (χ3n) is 2.39. The Morgan fingerprint density at radius 3 is 3.08 bits per heavy atom. The lowest BCUT2D eigenvalue weighted by atomic mass is 10.00. The van der Waals surface area contributed by atoms with Crippen LogP contribution in [0, 0.1) is 23.2 Å². The van der Waals surface area contributed by atoms with Gasteiger partial charge in [-0.1, -0.05) is 6.08 Å². The zero-order valence-electron chi connectivity index (χ0n) is 7.12. The maximum Gasteiger partial charge on any atom is 0.136 e. The highest BCUT2D eigenvalue weighted by Crippen LogP contribution is 2.31. The van der Waals surface area contributed by atoms with E-state index in [0.29, 0.717) is 24.5 Å². The summed E-state index contributed by atoms with van der Waals surface area (Å²) in [4.78, 5) is 11.3. The number of hydrogen-bond acceptors (Lipinski definition) is 2. The van der Waals surface area contributed by atoms with E-state index in [1.54, 1.807) is 6.08 Å². The van der Waals surface area contributed by atoms with Gasteiger partial charge in [-0.2, -0.15) is 5.26 Å². The summed E-state index contributed by atoms with van der Waals surface area (Å²) >= 11 is 0. The fourth-order valence-corrected chi connectivity index (χ4v) is 1.78. The van der Waals surface area contributed by atoms with Crippen LogP contribution in [0.5, 0.6) is 0 Å². The monoisotopic (exact) mass is 163 g/mol. The molecule has 2 unspecified atom stereocenters. The first-order valence-corrected chi connectivity index (χ1v) is 4.28. The Morgan fingerprint density at radius 1 is 1.75 bits per heavy atom. The summed E-state index contributed by atoms with van der Waals surface area (Å²) in [5, 5.41) is 8.45. The maximum absolute atomic E-state index is 11.3. The number of Topliss-reactive ketones (excluding diaryl/α,β-unsaturated/α-hetero) is 1. The van der Waals surface area contributed by atoms with Crippen LogP contribution in [0.25, 0.3) is 0 Å². The molecule has 0 aromatic rings. The molecule has 1 fully saturated rings. The lowest BCUT2D eigenvalue weighted by molar-refractivity contribution is -0.120. The molecule has 2 atom stereocenters. The van der Waals surface area contributed by atoms with Gasteiger partial charge < -0.3 is 0 Å². The molecule has 12 heavy (non-hydrogen) atoms. The summed E-state index contributed by atoms with van der Waals surface area (Å²) in [6, 6.07) is 2.11. The Bertz CT molecular complexity index is 226. The van der Waals surface area contributed by atoms with E-state index >= 15 is 0 Å². The number of rotatable bonds is 3. The molecule has 0 saturated heterocycles. The Kier molecular flexibility index (Phi) is 3.04. The third kappa shape index (κ3) is 1.94. The van der Waals surface area contributed by atoms with Gasteiger partial charge in [-0.15, -0.1) is 6.58 Å². The Hall–Kier alpha value is -1.10. The van der Waals surface area contributed by atoms with Crippen LogP contribution in [0.3, 0.4) is 0 Å². The molecule has 0 N–H and O–H groups in total. The van der Waals surface area contributed by atoms with Gasteiger partial charge in [0, 0.05) is 18.8 Å². The lowest BCUT2D eigenvalue weighted by Crippen LogP contribution is -2.03. The SMILES string of the molecule is C=CCC1CC(CC#N)CC1=O. The highest BCUT2D eigenvalue weighted by Gasteiger charge is 2.30. The highest BCUT2D eigenvalue weighted by atomic mass is 16.1. The van der Waals surface area contributed by atoms with Crippen molar-refractivity contribution in [3.8, 4) is 6.07 Å². The molecule has 0 aliphatic heterocycles. The Labute approximate surface area is 72.9 Å². The van der Waals surface area contributed by atoms with Crippen LogP contribution in [0.4, 0.5) is 0 Å². The zero-order valence-corrected chi connectivity index (χ0v) is 7.12. The molecule has 0 spiro atoms. The van der Waals surface area contributed by atoms with E-state index in [0.717, 1.165) is 12.8 Å². The number of ketones is 1. The minimum atomic E-state index is 0.154. The quantitative estimate of drug-likeness (QED) is 0.597. The number of carbonyl (C=O) groups is 1. The maximum atomic E-state index is 11.3. The van der Waals surface area contributed by atoms with Crippen molar-refractivity contribution < 1.29 is 4.79 Å². The molecule has 0 amide bonds. The van der Waals surface area contributed by atoms with Gasteiger partial charge in [0.1, 0.15) is 5.78 Å². The minimum absolute atomic E-state index is 0.154. The van der Waals surface area contributed by atoms with E-state index in [9.17, 15) is 4.79 Å². The van der Waals surface area contributed by atoms with Gasteiger partial charge in [-0.3, -0.25) is 4.79 Å². The summed E-state index contributed by atoms with van der Waals surface area (Å²) in [7, 11) is 0. The molecule has 0 aromatic heterocycles. The van der Waals surface area contributed by atoms with Gasteiger partial charge in [-0.25, -0.2) is 0 Å². The third-order valence-corrected chi connectivity index (χ3v) is 2.39. The average Bonchev–Trinajstić information content (AvgIpc) is 2.34. The topological polar surface area (TPSA) is 40.9 Å². The van der Waals surface area contributed by atoms with Gasteiger partial charge in [0.15, 0.2) is 0 Å². The van der Waals surface area contributed by atoms with Crippen molar-refractivity contribution in [2.24, 2.45) is 11.8 Å². The number of nitriles is 1. The van der Waals surface area contributed by atoms with Gasteiger partial charge in [0.25, 0.3) is 0 Å². The second-order valence-electron chi connectivity index (χ2n) is 3.36. The fourth-order valence-electron chi connectivity index (χ4n) is 1.78. The second kappa shape index (κ2) is 4.06. The standard InChI is InChI=1S/C10H13NO/c1-2-3-9-6-8(4-5-11)7-10(9)12/h2,8-9H,1,3-4,6-7H2. The summed E-state index contributed by atoms with van der Waals surface area (Å²) in [5.41, 5.74) is 0. The minimum Gasteiger partial charge on any atom is -0.299 e. The molecule has 0 bridgehead atoms. The molecular weight excluding hydrogens is 150 g/mol. The van der Waals surface area contributed by atoms with Gasteiger partial charge >= 0.3 is 0 Å². The van der Waals surface area contributed by atoms with Crippen molar-refractivity contribution in [1.29, 1.82) is 5.26 Å².